The van der Waals surface area contributed by atoms with Gasteiger partial charge >= 0.3 is 0 Å². The quantitative estimate of drug-likeness (QED) is 0.844. The molecule has 0 spiro atoms. The summed E-state index contributed by atoms with van der Waals surface area (Å²) in [6.07, 6.45) is 5.90. The predicted molar refractivity (Wildman–Crippen MR) is 72.0 cm³/mol. The maximum atomic E-state index is 5.85. The Bertz CT molecular complexity index is 504. The summed E-state index contributed by atoms with van der Waals surface area (Å²) in [5.74, 6) is 1.01. The van der Waals surface area contributed by atoms with E-state index in [1.807, 2.05) is 17.0 Å². The lowest BCUT2D eigenvalue weighted by molar-refractivity contribution is 0.0946. The lowest BCUT2D eigenvalue weighted by Gasteiger charge is -2.31. The van der Waals surface area contributed by atoms with Crippen LogP contribution in [0.3, 0.4) is 0 Å². The molecule has 0 amide bonds. The van der Waals surface area contributed by atoms with Crippen molar-refractivity contribution in [2.24, 2.45) is 7.05 Å². The Hall–Kier alpha value is -1.47. The van der Waals surface area contributed by atoms with Gasteiger partial charge in [0.1, 0.15) is 18.3 Å². The fourth-order valence-electron chi connectivity index (χ4n) is 2.25. The van der Waals surface area contributed by atoms with Gasteiger partial charge in [0.15, 0.2) is 0 Å². The van der Waals surface area contributed by atoms with Crippen molar-refractivity contribution in [2.45, 2.75) is 25.5 Å². The predicted octanol–water partition coefficient (Wildman–Crippen LogP) is 1.31. The number of piperidine rings is 1. The van der Waals surface area contributed by atoms with Crippen LogP contribution in [-0.2, 0) is 13.6 Å². The minimum Gasteiger partial charge on any atom is -0.467 e. The maximum Gasteiger partial charge on any atom is 0.273 e. The SMILES string of the molecule is Cn1cnnc1CN1CCC(Oc2nccs2)CC1. The number of ether oxygens (including phenoxy) is 1. The number of thiazole rings is 1. The van der Waals surface area contributed by atoms with Crippen LogP contribution in [0.1, 0.15) is 18.7 Å². The van der Waals surface area contributed by atoms with E-state index < -0.39 is 0 Å². The fraction of sp³-hybridized carbons (Fsp3) is 0.583. The zero-order chi connectivity index (χ0) is 13.1. The number of likely N-dealkylation sites (tertiary alicyclic amines) is 1. The van der Waals surface area contributed by atoms with Gasteiger partial charge in [-0.3, -0.25) is 4.90 Å². The molecule has 0 atom stereocenters. The lowest BCUT2D eigenvalue weighted by Crippen LogP contribution is -2.38. The highest BCUT2D eigenvalue weighted by molar-refractivity contribution is 7.11. The molecule has 7 heteroatoms. The van der Waals surface area contributed by atoms with Crippen LogP contribution in [0.4, 0.5) is 0 Å². The summed E-state index contributed by atoms with van der Waals surface area (Å²) < 4.78 is 7.82. The van der Waals surface area contributed by atoms with Gasteiger partial charge in [0.25, 0.3) is 5.19 Å². The first-order valence-corrected chi connectivity index (χ1v) is 7.30. The maximum absolute atomic E-state index is 5.85. The Morgan fingerprint density at radius 1 is 1.42 bits per heavy atom. The largest absolute Gasteiger partial charge is 0.467 e. The van der Waals surface area contributed by atoms with Crippen LogP contribution in [0.5, 0.6) is 5.19 Å². The van der Waals surface area contributed by atoms with E-state index >= 15 is 0 Å². The van der Waals surface area contributed by atoms with Crippen LogP contribution in [0.15, 0.2) is 17.9 Å². The first-order valence-electron chi connectivity index (χ1n) is 6.42. The Morgan fingerprint density at radius 3 is 2.89 bits per heavy atom. The van der Waals surface area contributed by atoms with Gasteiger partial charge in [0, 0.05) is 31.7 Å². The summed E-state index contributed by atoms with van der Waals surface area (Å²) in [6, 6.07) is 0. The van der Waals surface area contributed by atoms with Gasteiger partial charge in [-0.2, -0.15) is 0 Å². The molecule has 1 aliphatic heterocycles. The highest BCUT2D eigenvalue weighted by Gasteiger charge is 2.22. The Labute approximate surface area is 116 Å². The summed E-state index contributed by atoms with van der Waals surface area (Å²) in [7, 11) is 1.98. The zero-order valence-corrected chi connectivity index (χ0v) is 11.7. The third-order valence-corrected chi connectivity index (χ3v) is 4.04. The first kappa shape index (κ1) is 12.6. The van der Waals surface area contributed by atoms with E-state index in [0.717, 1.165) is 43.5 Å². The number of hydrogen-bond acceptors (Lipinski definition) is 6. The molecule has 6 nitrogen and oxygen atoms in total. The van der Waals surface area contributed by atoms with Gasteiger partial charge < -0.3 is 9.30 Å². The molecule has 2 aromatic rings. The van der Waals surface area contributed by atoms with Crippen LogP contribution in [0.2, 0.25) is 0 Å². The van der Waals surface area contributed by atoms with Crippen LogP contribution in [-0.4, -0.2) is 43.8 Å². The van der Waals surface area contributed by atoms with E-state index in [2.05, 4.69) is 20.1 Å². The minimum absolute atomic E-state index is 0.293. The van der Waals surface area contributed by atoms with Crippen LogP contribution in [0, 0.1) is 0 Å². The normalized spacial score (nSPS) is 17.7. The van der Waals surface area contributed by atoms with Crippen LogP contribution in [0.25, 0.3) is 0 Å². The lowest BCUT2D eigenvalue weighted by atomic mass is 10.1. The molecule has 0 radical (unpaired) electrons. The van der Waals surface area contributed by atoms with Gasteiger partial charge in [0.05, 0.1) is 6.54 Å². The number of hydrogen-bond donors (Lipinski definition) is 0. The second kappa shape index (κ2) is 5.66. The Morgan fingerprint density at radius 2 is 2.26 bits per heavy atom. The summed E-state index contributed by atoms with van der Waals surface area (Å²) in [4.78, 5) is 6.56. The molecule has 1 fully saturated rings. The second-order valence-corrected chi connectivity index (χ2v) is 5.61. The van der Waals surface area contributed by atoms with E-state index in [9.17, 15) is 0 Å². The van der Waals surface area contributed by atoms with Crippen LogP contribution >= 0.6 is 11.3 Å². The van der Waals surface area contributed by atoms with Crippen molar-refractivity contribution in [3.63, 3.8) is 0 Å². The van der Waals surface area contributed by atoms with Crippen molar-refractivity contribution in [3.05, 3.63) is 23.7 Å². The molecule has 0 unspecified atom stereocenters. The van der Waals surface area contributed by atoms with Crippen molar-refractivity contribution in [1.29, 1.82) is 0 Å². The van der Waals surface area contributed by atoms with E-state index in [4.69, 9.17) is 4.74 Å². The molecule has 1 aliphatic rings. The van der Waals surface area contributed by atoms with E-state index in [1.54, 1.807) is 23.9 Å². The van der Waals surface area contributed by atoms with Crippen molar-refractivity contribution in [1.82, 2.24) is 24.6 Å². The Balaban J connectivity index is 1.48. The summed E-state index contributed by atoms with van der Waals surface area (Å²) in [5, 5.41) is 10.8. The standard InChI is InChI=1S/C12H17N5OS/c1-16-9-14-15-11(16)8-17-5-2-10(3-6-17)18-12-13-4-7-19-12/h4,7,9-10H,2-3,5-6,8H2,1H3. The van der Waals surface area contributed by atoms with E-state index in [-0.39, 0.29) is 0 Å². The molecule has 0 aliphatic carbocycles. The number of aromatic nitrogens is 4. The zero-order valence-electron chi connectivity index (χ0n) is 10.9. The molecule has 0 N–H and O–H groups in total. The average Bonchev–Trinajstić information content (AvgIpc) is 3.05. The van der Waals surface area contributed by atoms with Crippen molar-refractivity contribution >= 4 is 11.3 Å². The molecule has 3 rings (SSSR count). The monoisotopic (exact) mass is 279 g/mol. The molecule has 2 aromatic heterocycles. The first-order chi connectivity index (χ1) is 9.31. The Kier molecular flexibility index (Phi) is 3.74. The average molecular weight is 279 g/mol. The molecule has 3 heterocycles. The van der Waals surface area contributed by atoms with Gasteiger partial charge in [-0.25, -0.2) is 4.98 Å². The van der Waals surface area contributed by atoms with Gasteiger partial charge in [-0.1, -0.05) is 11.3 Å². The highest BCUT2D eigenvalue weighted by Crippen LogP contribution is 2.21. The highest BCUT2D eigenvalue weighted by atomic mass is 32.1. The van der Waals surface area contributed by atoms with Gasteiger partial charge in [-0.05, 0) is 12.8 Å². The second-order valence-electron chi connectivity index (χ2n) is 4.75. The molecular weight excluding hydrogens is 262 g/mol. The molecule has 0 bridgehead atoms. The topological polar surface area (TPSA) is 56.1 Å². The van der Waals surface area contributed by atoms with E-state index in [0.29, 0.717) is 6.10 Å². The summed E-state index contributed by atoms with van der Waals surface area (Å²) in [6.45, 7) is 2.92. The molecule has 102 valence electrons. The summed E-state index contributed by atoms with van der Waals surface area (Å²) in [5.41, 5.74) is 0. The molecule has 0 saturated carbocycles. The third kappa shape index (κ3) is 3.10. The summed E-state index contributed by atoms with van der Waals surface area (Å²) >= 11 is 1.55. The smallest absolute Gasteiger partial charge is 0.273 e. The fourth-order valence-corrected chi connectivity index (χ4v) is 2.80. The van der Waals surface area contributed by atoms with Crippen LogP contribution < -0.4 is 4.74 Å². The van der Waals surface area contributed by atoms with E-state index in [1.165, 1.54) is 0 Å². The molecular formula is C12H17N5OS. The third-order valence-electron chi connectivity index (χ3n) is 3.38. The minimum atomic E-state index is 0.293. The number of rotatable bonds is 4. The van der Waals surface area contributed by atoms with Crippen molar-refractivity contribution < 1.29 is 4.74 Å². The van der Waals surface area contributed by atoms with Gasteiger partial charge in [-0.15, -0.1) is 10.2 Å². The number of aryl methyl sites for hydroxylation is 1. The van der Waals surface area contributed by atoms with Crippen molar-refractivity contribution in [3.8, 4) is 5.19 Å². The number of nitrogens with zero attached hydrogens (tertiary/aromatic N) is 5. The molecule has 19 heavy (non-hydrogen) atoms. The van der Waals surface area contributed by atoms with Gasteiger partial charge in [0.2, 0.25) is 0 Å². The molecule has 1 saturated heterocycles. The molecule has 0 aromatic carbocycles. The van der Waals surface area contributed by atoms with Crippen molar-refractivity contribution in [2.75, 3.05) is 13.1 Å².